The van der Waals surface area contributed by atoms with Crippen LogP contribution in [0.3, 0.4) is 0 Å². The summed E-state index contributed by atoms with van der Waals surface area (Å²) in [5, 5.41) is 2.93. The Bertz CT molecular complexity index is 989. The Morgan fingerprint density at radius 3 is 2.50 bits per heavy atom. The van der Waals surface area contributed by atoms with Crippen LogP contribution >= 0.6 is 0 Å². The summed E-state index contributed by atoms with van der Waals surface area (Å²) in [5.74, 6) is 2.11. The van der Waals surface area contributed by atoms with Crippen LogP contribution in [0.15, 0.2) is 36.5 Å². The largest absolute Gasteiger partial charge is 0.490 e. The van der Waals surface area contributed by atoms with Gasteiger partial charge >= 0.3 is 0 Å². The van der Waals surface area contributed by atoms with E-state index < -0.39 is 5.41 Å². The minimum absolute atomic E-state index is 0.0254. The van der Waals surface area contributed by atoms with Crippen molar-refractivity contribution < 1.29 is 14.3 Å². The van der Waals surface area contributed by atoms with Gasteiger partial charge in [0.05, 0.1) is 17.8 Å². The van der Waals surface area contributed by atoms with Crippen LogP contribution in [-0.4, -0.2) is 43.0 Å². The number of fused-ring (bicyclic) bond motifs is 1. The molecule has 1 aromatic heterocycles. The lowest BCUT2D eigenvalue weighted by molar-refractivity contribution is -0.126. The van der Waals surface area contributed by atoms with Gasteiger partial charge in [-0.1, -0.05) is 27.7 Å². The molecule has 3 heterocycles. The molecule has 2 amide bonds. The number of amides is 2. The fraction of sp³-hybridized carbons (Fsp3) is 0.480. The molecular formula is C25H32N4O3. The second-order valence-electron chi connectivity index (χ2n) is 9.77. The van der Waals surface area contributed by atoms with Crippen molar-refractivity contribution in [3.05, 3.63) is 42.1 Å². The third kappa shape index (κ3) is 4.71. The predicted octanol–water partition coefficient (Wildman–Crippen LogP) is 4.34. The van der Waals surface area contributed by atoms with Crippen LogP contribution in [0.2, 0.25) is 0 Å². The van der Waals surface area contributed by atoms with Crippen molar-refractivity contribution >= 4 is 29.0 Å². The summed E-state index contributed by atoms with van der Waals surface area (Å²) < 4.78 is 5.72. The lowest BCUT2D eigenvalue weighted by Crippen LogP contribution is -2.44. The van der Waals surface area contributed by atoms with Gasteiger partial charge in [-0.2, -0.15) is 0 Å². The van der Waals surface area contributed by atoms with E-state index in [4.69, 9.17) is 4.74 Å². The van der Waals surface area contributed by atoms with Crippen LogP contribution in [0.25, 0.3) is 0 Å². The molecule has 7 heteroatoms. The zero-order chi connectivity index (χ0) is 22.9. The summed E-state index contributed by atoms with van der Waals surface area (Å²) in [6.45, 7) is 10.9. The Labute approximate surface area is 189 Å². The molecule has 0 unspecified atom stereocenters. The first-order valence-electron chi connectivity index (χ1n) is 11.3. The van der Waals surface area contributed by atoms with Gasteiger partial charge in [0, 0.05) is 30.4 Å². The average Bonchev–Trinajstić information content (AvgIpc) is 2.78. The Kier molecular flexibility index (Phi) is 6.09. The molecular weight excluding hydrogens is 404 g/mol. The number of hydrogen-bond donors (Lipinski definition) is 1. The third-order valence-corrected chi connectivity index (χ3v) is 6.08. The molecule has 0 spiro atoms. The number of pyridine rings is 1. The first-order valence-corrected chi connectivity index (χ1v) is 11.3. The summed E-state index contributed by atoms with van der Waals surface area (Å²) in [4.78, 5) is 34.2. The number of carbonyl (C=O) groups is 2. The Morgan fingerprint density at radius 2 is 1.84 bits per heavy atom. The quantitative estimate of drug-likeness (QED) is 0.775. The van der Waals surface area contributed by atoms with E-state index in [1.807, 2.05) is 32.9 Å². The third-order valence-electron chi connectivity index (χ3n) is 6.08. The van der Waals surface area contributed by atoms with Crippen LogP contribution in [0.5, 0.6) is 5.75 Å². The standard InChI is InChI=1S/C25H32N4O3/c1-17-9-11-28(12-10-17)22-8-5-18(16-26-22)23(30)27-19-6-7-21-20(15-19)29(13-14-32-21)24(31)25(2,3)4/h5-8,15-17H,9-14H2,1-4H3,(H,27,30). The molecule has 0 atom stereocenters. The van der Waals surface area contributed by atoms with Gasteiger partial charge in [-0.05, 0) is 49.1 Å². The summed E-state index contributed by atoms with van der Waals surface area (Å²) in [5.41, 5.74) is 1.28. The lowest BCUT2D eigenvalue weighted by atomic mass is 9.94. The Balaban J connectivity index is 1.47. The lowest BCUT2D eigenvalue weighted by Gasteiger charge is -2.34. The van der Waals surface area contributed by atoms with Crippen LogP contribution < -0.4 is 19.9 Å². The SMILES string of the molecule is CC1CCN(c2ccc(C(=O)Nc3ccc4c(c3)N(C(=O)C(C)(C)C)CCO4)cn2)CC1. The van der Waals surface area contributed by atoms with Gasteiger partial charge in [0.25, 0.3) is 5.91 Å². The molecule has 2 aliphatic heterocycles. The van der Waals surface area contributed by atoms with Gasteiger partial charge < -0.3 is 19.9 Å². The van der Waals surface area contributed by atoms with Gasteiger partial charge in [0.2, 0.25) is 5.91 Å². The molecule has 2 aromatic rings. The average molecular weight is 437 g/mol. The first kappa shape index (κ1) is 22.1. The molecule has 0 radical (unpaired) electrons. The fourth-order valence-electron chi connectivity index (χ4n) is 4.06. The van der Waals surface area contributed by atoms with E-state index >= 15 is 0 Å². The number of nitrogens with zero attached hydrogens (tertiary/aromatic N) is 3. The van der Waals surface area contributed by atoms with Gasteiger partial charge in [0.15, 0.2) is 0 Å². The summed E-state index contributed by atoms with van der Waals surface area (Å²) in [6.07, 6.45) is 3.96. The molecule has 0 saturated carbocycles. The molecule has 170 valence electrons. The minimum atomic E-state index is -0.506. The van der Waals surface area contributed by atoms with Crippen molar-refractivity contribution in [3.8, 4) is 5.75 Å². The van der Waals surface area contributed by atoms with Gasteiger partial charge in [-0.25, -0.2) is 4.98 Å². The van der Waals surface area contributed by atoms with Crippen molar-refractivity contribution in [2.24, 2.45) is 11.3 Å². The molecule has 1 fully saturated rings. The molecule has 1 N–H and O–H groups in total. The molecule has 1 aromatic carbocycles. The molecule has 4 rings (SSSR count). The Hall–Kier alpha value is -3.09. The minimum Gasteiger partial charge on any atom is -0.490 e. The van der Waals surface area contributed by atoms with E-state index in [1.165, 1.54) is 12.8 Å². The van der Waals surface area contributed by atoms with Crippen molar-refractivity contribution in [3.63, 3.8) is 0 Å². The van der Waals surface area contributed by atoms with Crippen molar-refractivity contribution in [1.29, 1.82) is 0 Å². The number of hydrogen-bond acceptors (Lipinski definition) is 5. The maximum atomic E-state index is 12.9. The molecule has 0 aliphatic carbocycles. The van der Waals surface area contributed by atoms with Gasteiger partial charge in [-0.15, -0.1) is 0 Å². The number of carbonyl (C=O) groups excluding carboxylic acids is 2. The molecule has 7 nitrogen and oxygen atoms in total. The second-order valence-corrected chi connectivity index (χ2v) is 9.77. The fourth-order valence-corrected chi connectivity index (χ4v) is 4.06. The topological polar surface area (TPSA) is 74.8 Å². The molecule has 1 saturated heterocycles. The predicted molar refractivity (Wildman–Crippen MR) is 127 cm³/mol. The van der Waals surface area contributed by atoms with E-state index in [0.29, 0.717) is 35.8 Å². The summed E-state index contributed by atoms with van der Waals surface area (Å²) in [6, 6.07) is 9.11. The van der Waals surface area contributed by atoms with Gasteiger partial charge in [0.1, 0.15) is 18.2 Å². The zero-order valence-corrected chi connectivity index (χ0v) is 19.4. The smallest absolute Gasteiger partial charge is 0.257 e. The number of anilines is 3. The van der Waals surface area contributed by atoms with Crippen molar-refractivity contribution in [1.82, 2.24) is 4.98 Å². The van der Waals surface area contributed by atoms with Crippen molar-refractivity contribution in [2.75, 3.05) is 41.4 Å². The highest BCUT2D eigenvalue weighted by molar-refractivity contribution is 6.05. The second kappa shape index (κ2) is 8.81. The summed E-state index contributed by atoms with van der Waals surface area (Å²) >= 11 is 0. The van der Waals surface area contributed by atoms with E-state index in [2.05, 4.69) is 22.1 Å². The normalized spacial score (nSPS) is 16.9. The Morgan fingerprint density at radius 1 is 1.09 bits per heavy atom. The highest BCUT2D eigenvalue weighted by Gasteiger charge is 2.32. The number of rotatable bonds is 3. The van der Waals surface area contributed by atoms with E-state index in [9.17, 15) is 9.59 Å². The summed E-state index contributed by atoms with van der Waals surface area (Å²) in [7, 11) is 0. The first-order chi connectivity index (χ1) is 15.2. The maximum Gasteiger partial charge on any atom is 0.257 e. The molecule has 32 heavy (non-hydrogen) atoms. The van der Waals surface area contributed by atoms with Crippen molar-refractivity contribution in [2.45, 2.75) is 40.5 Å². The maximum absolute atomic E-state index is 12.9. The zero-order valence-electron chi connectivity index (χ0n) is 19.4. The van der Waals surface area contributed by atoms with Gasteiger partial charge in [-0.3, -0.25) is 9.59 Å². The van der Waals surface area contributed by atoms with Crippen LogP contribution in [0.1, 0.15) is 50.9 Å². The monoisotopic (exact) mass is 436 g/mol. The van der Waals surface area contributed by atoms with E-state index in [1.54, 1.807) is 29.3 Å². The van der Waals surface area contributed by atoms with E-state index in [0.717, 1.165) is 24.8 Å². The number of nitrogens with one attached hydrogen (secondary N) is 1. The highest BCUT2D eigenvalue weighted by Crippen LogP contribution is 2.36. The molecule has 0 bridgehead atoms. The van der Waals surface area contributed by atoms with Crippen LogP contribution in [-0.2, 0) is 4.79 Å². The number of piperidine rings is 1. The van der Waals surface area contributed by atoms with E-state index in [-0.39, 0.29) is 11.8 Å². The van der Waals surface area contributed by atoms with Crippen LogP contribution in [0, 0.1) is 11.3 Å². The van der Waals surface area contributed by atoms with Crippen LogP contribution in [0.4, 0.5) is 17.2 Å². The highest BCUT2D eigenvalue weighted by atomic mass is 16.5. The number of aromatic nitrogens is 1. The molecule has 2 aliphatic rings. The number of benzene rings is 1. The number of ether oxygens (including phenoxy) is 1.